The van der Waals surface area contributed by atoms with Crippen molar-refractivity contribution in [1.82, 2.24) is 4.90 Å². The number of amides is 1. The van der Waals surface area contributed by atoms with E-state index in [4.69, 9.17) is 9.47 Å². The fourth-order valence-corrected chi connectivity index (χ4v) is 4.57. The Morgan fingerprint density at radius 1 is 1.18 bits per heavy atom. The maximum Gasteiger partial charge on any atom is 0.412 e. The lowest BCUT2D eigenvalue weighted by molar-refractivity contribution is -0.165. The number of ether oxygens (including phenoxy) is 2. The minimum Gasteiger partial charge on any atom is -0.417 e. The Kier molecular flexibility index (Phi) is 5.03. The van der Waals surface area contributed by atoms with Crippen LogP contribution >= 0.6 is 11.8 Å². The van der Waals surface area contributed by atoms with Crippen molar-refractivity contribution in [3.8, 4) is 0 Å². The smallest absolute Gasteiger partial charge is 0.412 e. The number of carbonyl (C=O) groups is 1. The third-order valence-electron chi connectivity index (χ3n) is 5.32. The van der Waals surface area contributed by atoms with Crippen LogP contribution in [0, 0.1) is 0 Å². The van der Waals surface area contributed by atoms with Gasteiger partial charge < -0.3 is 14.7 Å². The molecule has 7 heteroatoms. The SMILES string of the molecule is CCN1C(=O)O[C@H]2O[C@@](C)(c3ccc(Sc4ccccc4)cc3)/C(=N\O)C[C@H]21. The highest BCUT2D eigenvalue weighted by Crippen LogP contribution is 2.41. The van der Waals surface area contributed by atoms with Gasteiger partial charge in [0.15, 0.2) is 0 Å². The van der Waals surface area contributed by atoms with Gasteiger partial charge in [-0.25, -0.2) is 4.79 Å². The number of benzene rings is 2. The third kappa shape index (κ3) is 3.25. The van der Waals surface area contributed by atoms with E-state index in [1.165, 1.54) is 0 Å². The predicted molar refractivity (Wildman–Crippen MR) is 106 cm³/mol. The second-order valence-corrected chi connectivity index (χ2v) is 8.09. The first-order valence-electron chi connectivity index (χ1n) is 9.25. The highest BCUT2D eigenvalue weighted by molar-refractivity contribution is 7.99. The van der Waals surface area contributed by atoms with Gasteiger partial charge >= 0.3 is 6.09 Å². The number of oxime groups is 1. The van der Waals surface area contributed by atoms with E-state index < -0.39 is 18.0 Å². The molecule has 0 saturated carbocycles. The molecule has 2 aromatic carbocycles. The van der Waals surface area contributed by atoms with Crippen molar-refractivity contribution in [2.24, 2.45) is 5.16 Å². The van der Waals surface area contributed by atoms with Crippen molar-refractivity contribution in [2.75, 3.05) is 6.54 Å². The maximum atomic E-state index is 12.1. The van der Waals surface area contributed by atoms with Gasteiger partial charge in [0, 0.05) is 22.8 Å². The largest absolute Gasteiger partial charge is 0.417 e. The van der Waals surface area contributed by atoms with Gasteiger partial charge in [-0.15, -0.1) is 0 Å². The summed E-state index contributed by atoms with van der Waals surface area (Å²) in [5.41, 5.74) is 0.367. The second-order valence-electron chi connectivity index (χ2n) is 6.95. The molecule has 28 heavy (non-hydrogen) atoms. The fourth-order valence-electron chi connectivity index (χ4n) is 3.73. The van der Waals surface area contributed by atoms with Crippen LogP contribution in [0.15, 0.2) is 69.5 Å². The van der Waals surface area contributed by atoms with Crippen LogP contribution in [0.4, 0.5) is 4.79 Å². The Morgan fingerprint density at radius 3 is 2.50 bits per heavy atom. The van der Waals surface area contributed by atoms with Crippen LogP contribution in [0.25, 0.3) is 0 Å². The molecule has 2 aromatic rings. The summed E-state index contributed by atoms with van der Waals surface area (Å²) in [6, 6.07) is 17.8. The van der Waals surface area contributed by atoms with Crippen molar-refractivity contribution in [3.05, 3.63) is 60.2 Å². The Balaban J connectivity index is 1.58. The zero-order valence-corrected chi connectivity index (χ0v) is 16.6. The summed E-state index contributed by atoms with van der Waals surface area (Å²) < 4.78 is 11.6. The van der Waals surface area contributed by atoms with Gasteiger partial charge in [-0.2, -0.15) is 0 Å². The number of carbonyl (C=O) groups excluding carboxylic acids is 1. The summed E-state index contributed by atoms with van der Waals surface area (Å²) >= 11 is 1.67. The molecule has 1 amide bonds. The van der Waals surface area contributed by atoms with Gasteiger partial charge in [0.05, 0.1) is 5.71 Å². The summed E-state index contributed by atoms with van der Waals surface area (Å²) in [4.78, 5) is 15.9. The Morgan fingerprint density at radius 2 is 1.86 bits per heavy atom. The molecule has 0 radical (unpaired) electrons. The number of hydrogen-bond donors (Lipinski definition) is 1. The quantitative estimate of drug-likeness (QED) is 0.608. The Hall–Kier alpha value is -2.51. The van der Waals surface area contributed by atoms with Crippen LogP contribution < -0.4 is 0 Å². The van der Waals surface area contributed by atoms with Crippen LogP contribution in [0.1, 0.15) is 25.8 Å². The molecule has 0 aliphatic carbocycles. The highest BCUT2D eigenvalue weighted by Gasteiger charge is 2.53. The van der Waals surface area contributed by atoms with Gasteiger partial charge in [-0.1, -0.05) is 47.2 Å². The molecule has 146 valence electrons. The molecule has 2 heterocycles. The summed E-state index contributed by atoms with van der Waals surface area (Å²) in [5.74, 6) is 0. The molecule has 4 rings (SSSR count). The molecule has 0 bridgehead atoms. The first kappa shape index (κ1) is 18.8. The van der Waals surface area contributed by atoms with Crippen LogP contribution in [0.3, 0.4) is 0 Å². The fraction of sp³-hybridized carbons (Fsp3) is 0.333. The lowest BCUT2D eigenvalue weighted by Gasteiger charge is -2.40. The zero-order chi connectivity index (χ0) is 19.7. The average Bonchev–Trinajstić information content (AvgIpc) is 3.01. The lowest BCUT2D eigenvalue weighted by atomic mass is 9.84. The molecule has 2 aliphatic heterocycles. The molecular weight excluding hydrogens is 376 g/mol. The van der Waals surface area contributed by atoms with Crippen LogP contribution in [-0.4, -0.2) is 40.8 Å². The molecule has 1 N–H and O–H groups in total. The number of likely N-dealkylation sites (N-methyl/N-ethyl adjacent to an activating group) is 1. The first-order valence-corrected chi connectivity index (χ1v) is 10.1. The minimum atomic E-state index is -0.962. The lowest BCUT2D eigenvalue weighted by Crippen LogP contribution is -2.52. The van der Waals surface area contributed by atoms with Crippen LogP contribution in [0.2, 0.25) is 0 Å². The number of nitrogens with zero attached hydrogens (tertiary/aromatic N) is 2. The van der Waals surface area contributed by atoms with E-state index in [2.05, 4.69) is 17.3 Å². The molecule has 2 aliphatic rings. The molecule has 2 fully saturated rings. The van der Waals surface area contributed by atoms with Crippen molar-refractivity contribution in [2.45, 2.75) is 48.0 Å². The molecule has 0 unspecified atom stereocenters. The van der Waals surface area contributed by atoms with E-state index in [9.17, 15) is 10.0 Å². The van der Waals surface area contributed by atoms with E-state index in [1.54, 1.807) is 16.7 Å². The topological polar surface area (TPSA) is 71.4 Å². The first-order chi connectivity index (χ1) is 13.5. The Bertz CT molecular complexity index is 887. The van der Waals surface area contributed by atoms with Crippen LogP contribution in [-0.2, 0) is 15.1 Å². The van der Waals surface area contributed by atoms with Gasteiger partial charge in [0.1, 0.15) is 11.6 Å². The van der Waals surface area contributed by atoms with Gasteiger partial charge in [0.2, 0.25) is 6.29 Å². The Labute approximate surface area is 168 Å². The minimum absolute atomic E-state index is 0.274. The summed E-state index contributed by atoms with van der Waals surface area (Å²) in [6.45, 7) is 4.25. The van der Waals surface area contributed by atoms with Gasteiger partial charge in [-0.05, 0) is 43.7 Å². The van der Waals surface area contributed by atoms with Crippen LogP contribution in [0.5, 0.6) is 0 Å². The normalized spacial score (nSPS) is 28.3. The maximum absolute atomic E-state index is 12.1. The molecular formula is C21H22N2O4S. The monoisotopic (exact) mass is 398 g/mol. The standard InChI is InChI=1S/C21H22N2O4S/c1-3-23-17-13-18(22-25)21(2,27-19(17)26-20(23)24)14-9-11-16(12-10-14)28-15-7-5-4-6-8-15/h4-12,17,19,25H,3,13H2,1-2H3/b22-18-/t17-,19+,21+/m1/s1. The van der Waals surface area contributed by atoms with E-state index in [0.29, 0.717) is 18.7 Å². The van der Waals surface area contributed by atoms with Crippen molar-refractivity contribution in [3.63, 3.8) is 0 Å². The van der Waals surface area contributed by atoms with E-state index in [0.717, 1.165) is 15.4 Å². The van der Waals surface area contributed by atoms with Gasteiger partial charge in [0.25, 0.3) is 0 Å². The molecule has 6 nitrogen and oxygen atoms in total. The average molecular weight is 398 g/mol. The predicted octanol–water partition coefficient (Wildman–Crippen LogP) is 4.47. The molecule has 0 spiro atoms. The second kappa shape index (κ2) is 7.48. The third-order valence-corrected chi connectivity index (χ3v) is 6.33. The van der Waals surface area contributed by atoms with Gasteiger partial charge in [-0.3, -0.25) is 4.90 Å². The van der Waals surface area contributed by atoms with E-state index in [1.807, 2.05) is 56.3 Å². The summed E-state index contributed by atoms with van der Waals surface area (Å²) in [6.07, 6.45) is -0.674. The van der Waals surface area contributed by atoms with Crippen molar-refractivity contribution >= 4 is 23.6 Å². The zero-order valence-electron chi connectivity index (χ0n) is 15.7. The molecule has 3 atom stereocenters. The highest BCUT2D eigenvalue weighted by atomic mass is 32.2. The summed E-state index contributed by atoms with van der Waals surface area (Å²) in [7, 11) is 0. The molecule has 0 aromatic heterocycles. The van der Waals surface area contributed by atoms with E-state index in [-0.39, 0.29) is 6.04 Å². The number of rotatable bonds is 4. The van der Waals surface area contributed by atoms with Crippen molar-refractivity contribution < 1.29 is 19.5 Å². The summed E-state index contributed by atoms with van der Waals surface area (Å²) in [5, 5.41) is 13.2. The number of hydrogen-bond acceptors (Lipinski definition) is 6. The van der Waals surface area contributed by atoms with Crippen molar-refractivity contribution in [1.29, 1.82) is 0 Å². The molecule has 2 saturated heterocycles. The van der Waals surface area contributed by atoms with E-state index >= 15 is 0 Å². The number of fused-ring (bicyclic) bond motifs is 1.